The van der Waals surface area contributed by atoms with Crippen molar-refractivity contribution < 1.29 is 9.53 Å². The zero-order chi connectivity index (χ0) is 14.7. The third-order valence-corrected chi connectivity index (χ3v) is 4.57. The SMILES string of the molecule is CNCC1CCCCN1C(=O)C1OCCc2ccccc21. The van der Waals surface area contributed by atoms with Gasteiger partial charge >= 0.3 is 0 Å². The molecule has 1 N–H and O–H groups in total. The van der Waals surface area contributed by atoms with E-state index in [-0.39, 0.29) is 5.91 Å². The highest BCUT2D eigenvalue weighted by molar-refractivity contribution is 5.83. The first-order valence-corrected chi connectivity index (χ1v) is 7.95. The molecule has 1 saturated heterocycles. The third kappa shape index (κ3) is 2.97. The van der Waals surface area contributed by atoms with Gasteiger partial charge < -0.3 is 15.0 Å². The fraction of sp³-hybridized carbons (Fsp3) is 0.588. The van der Waals surface area contributed by atoms with Crippen LogP contribution in [-0.2, 0) is 16.0 Å². The number of rotatable bonds is 3. The first kappa shape index (κ1) is 14.5. The number of hydrogen-bond donors (Lipinski definition) is 1. The summed E-state index contributed by atoms with van der Waals surface area (Å²) in [5, 5.41) is 3.21. The van der Waals surface area contributed by atoms with Crippen LogP contribution in [0.5, 0.6) is 0 Å². The molecule has 21 heavy (non-hydrogen) atoms. The molecule has 114 valence electrons. The van der Waals surface area contributed by atoms with Gasteiger partial charge in [-0.15, -0.1) is 0 Å². The van der Waals surface area contributed by atoms with E-state index >= 15 is 0 Å². The van der Waals surface area contributed by atoms with Crippen LogP contribution < -0.4 is 5.32 Å². The standard InChI is InChI=1S/C17H24N2O2/c1-18-12-14-7-4-5-10-19(14)17(20)16-15-8-3-2-6-13(15)9-11-21-16/h2-3,6,8,14,16,18H,4-5,7,9-12H2,1H3. The number of hydrogen-bond acceptors (Lipinski definition) is 3. The van der Waals surface area contributed by atoms with Gasteiger partial charge in [-0.2, -0.15) is 0 Å². The number of benzene rings is 1. The van der Waals surface area contributed by atoms with E-state index in [1.807, 2.05) is 30.1 Å². The molecule has 0 saturated carbocycles. The summed E-state index contributed by atoms with van der Waals surface area (Å²) >= 11 is 0. The molecule has 0 radical (unpaired) electrons. The van der Waals surface area contributed by atoms with Gasteiger partial charge in [0.05, 0.1) is 6.61 Å². The van der Waals surface area contributed by atoms with Crippen molar-refractivity contribution in [2.75, 3.05) is 26.7 Å². The Bertz CT molecular complexity index is 501. The number of piperidine rings is 1. The maximum Gasteiger partial charge on any atom is 0.256 e. The van der Waals surface area contributed by atoms with Crippen LogP contribution in [0.1, 0.15) is 36.5 Å². The van der Waals surface area contributed by atoms with E-state index < -0.39 is 6.10 Å². The predicted molar refractivity (Wildman–Crippen MR) is 82.1 cm³/mol. The fourth-order valence-corrected chi connectivity index (χ4v) is 3.49. The van der Waals surface area contributed by atoms with E-state index in [4.69, 9.17) is 4.74 Å². The van der Waals surface area contributed by atoms with Crippen molar-refractivity contribution in [3.05, 3.63) is 35.4 Å². The minimum atomic E-state index is -0.410. The first-order valence-electron chi connectivity index (χ1n) is 7.95. The van der Waals surface area contributed by atoms with Crippen molar-refractivity contribution in [3.8, 4) is 0 Å². The van der Waals surface area contributed by atoms with Gasteiger partial charge in [-0.3, -0.25) is 4.79 Å². The highest BCUT2D eigenvalue weighted by atomic mass is 16.5. The van der Waals surface area contributed by atoms with Gasteiger partial charge in [0, 0.05) is 19.1 Å². The quantitative estimate of drug-likeness (QED) is 0.923. The van der Waals surface area contributed by atoms with E-state index in [1.165, 1.54) is 12.0 Å². The average Bonchev–Trinajstić information content (AvgIpc) is 2.54. The number of carbonyl (C=O) groups excluding carboxylic acids is 1. The van der Waals surface area contributed by atoms with Crippen LogP contribution in [0.4, 0.5) is 0 Å². The van der Waals surface area contributed by atoms with Crippen LogP contribution >= 0.6 is 0 Å². The summed E-state index contributed by atoms with van der Waals surface area (Å²) < 4.78 is 5.83. The molecular formula is C17H24N2O2. The van der Waals surface area contributed by atoms with Crippen LogP contribution in [0.2, 0.25) is 0 Å². The van der Waals surface area contributed by atoms with Crippen molar-refractivity contribution in [2.45, 2.75) is 37.8 Å². The van der Waals surface area contributed by atoms with Crippen molar-refractivity contribution in [3.63, 3.8) is 0 Å². The minimum Gasteiger partial charge on any atom is -0.363 e. The topological polar surface area (TPSA) is 41.6 Å². The Balaban J connectivity index is 1.81. The molecule has 0 bridgehead atoms. The fourth-order valence-electron chi connectivity index (χ4n) is 3.49. The smallest absolute Gasteiger partial charge is 0.256 e. The molecule has 4 heteroatoms. The molecule has 2 atom stereocenters. The predicted octanol–water partition coefficient (Wildman–Crippen LogP) is 1.90. The lowest BCUT2D eigenvalue weighted by Crippen LogP contribution is -2.50. The van der Waals surface area contributed by atoms with Crippen molar-refractivity contribution >= 4 is 5.91 Å². The van der Waals surface area contributed by atoms with Crippen LogP contribution in [0.25, 0.3) is 0 Å². The number of amides is 1. The zero-order valence-corrected chi connectivity index (χ0v) is 12.7. The number of nitrogens with one attached hydrogen (secondary N) is 1. The molecule has 4 nitrogen and oxygen atoms in total. The Morgan fingerprint density at radius 2 is 2.24 bits per heavy atom. The largest absolute Gasteiger partial charge is 0.363 e. The van der Waals surface area contributed by atoms with Gasteiger partial charge in [0.2, 0.25) is 0 Å². The van der Waals surface area contributed by atoms with Crippen LogP contribution in [0.3, 0.4) is 0 Å². The molecule has 1 fully saturated rings. The van der Waals surface area contributed by atoms with Crippen molar-refractivity contribution in [1.29, 1.82) is 0 Å². The molecule has 0 aromatic heterocycles. The summed E-state index contributed by atoms with van der Waals surface area (Å²) in [7, 11) is 1.95. The molecule has 3 rings (SSSR count). The second kappa shape index (κ2) is 6.58. The maximum atomic E-state index is 13.0. The molecule has 2 aliphatic rings. The minimum absolute atomic E-state index is 0.141. The first-order chi connectivity index (χ1) is 10.3. The Labute approximate surface area is 126 Å². The molecular weight excluding hydrogens is 264 g/mol. The summed E-state index contributed by atoms with van der Waals surface area (Å²) in [6.45, 7) is 2.35. The summed E-state index contributed by atoms with van der Waals surface area (Å²) in [4.78, 5) is 15.0. The van der Waals surface area contributed by atoms with Gasteiger partial charge in [0.15, 0.2) is 6.10 Å². The molecule has 1 aromatic carbocycles. The number of fused-ring (bicyclic) bond motifs is 1. The number of carbonyl (C=O) groups is 1. The molecule has 0 spiro atoms. The van der Waals surface area contributed by atoms with Gasteiger partial charge in [-0.1, -0.05) is 24.3 Å². The van der Waals surface area contributed by atoms with Gasteiger partial charge in [0.25, 0.3) is 5.91 Å². The highest BCUT2D eigenvalue weighted by Gasteiger charge is 2.34. The van der Waals surface area contributed by atoms with E-state index in [2.05, 4.69) is 11.4 Å². The van der Waals surface area contributed by atoms with Crippen LogP contribution in [0, 0.1) is 0 Å². The Morgan fingerprint density at radius 3 is 3.10 bits per heavy atom. The summed E-state index contributed by atoms with van der Waals surface area (Å²) in [5.41, 5.74) is 2.31. The molecule has 1 aromatic rings. The molecule has 1 amide bonds. The second-order valence-corrected chi connectivity index (χ2v) is 5.94. The molecule has 0 aliphatic carbocycles. The summed E-state index contributed by atoms with van der Waals surface area (Å²) in [6, 6.07) is 8.48. The summed E-state index contributed by atoms with van der Waals surface area (Å²) in [6.07, 6.45) is 3.88. The van der Waals surface area contributed by atoms with Crippen molar-refractivity contribution in [2.24, 2.45) is 0 Å². The highest BCUT2D eigenvalue weighted by Crippen LogP contribution is 2.30. The zero-order valence-electron chi connectivity index (χ0n) is 12.7. The van der Waals surface area contributed by atoms with E-state index in [0.29, 0.717) is 12.6 Å². The lowest BCUT2D eigenvalue weighted by molar-refractivity contribution is -0.148. The number of nitrogens with zero attached hydrogens (tertiary/aromatic N) is 1. The van der Waals surface area contributed by atoms with Gasteiger partial charge in [-0.05, 0) is 43.9 Å². The van der Waals surface area contributed by atoms with Crippen LogP contribution in [0.15, 0.2) is 24.3 Å². The molecule has 2 aliphatic heterocycles. The van der Waals surface area contributed by atoms with Crippen molar-refractivity contribution in [1.82, 2.24) is 10.2 Å². The average molecular weight is 288 g/mol. The second-order valence-electron chi connectivity index (χ2n) is 5.94. The van der Waals surface area contributed by atoms with Gasteiger partial charge in [0.1, 0.15) is 0 Å². The van der Waals surface area contributed by atoms with E-state index in [0.717, 1.165) is 37.9 Å². The Morgan fingerprint density at radius 1 is 1.38 bits per heavy atom. The number of ether oxygens (including phenoxy) is 1. The molecule has 2 heterocycles. The summed E-state index contributed by atoms with van der Waals surface area (Å²) in [5.74, 6) is 0.141. The Hall–Kier alpha value is -1.39. The van der Waals surface area contributed by atoms with E-state index in [1.54, 1.807) is 0 Å². The normalized spacial score (nSPS) is 25.5. The number of likely N-dealkylation sites (N-methyl/N-ethyl adjacent to an activating group) is 1. The van der Waals surface area contributed by atoms with Crippen LogP contribution in [-0.4, -0.2) is 43.6 Å². The lowest BCUT2D eigenvalue weighted by atomic mass is 9.95. The lowest BCUT2D eigenvalue weighted by Gasteiger charge is -2.39. The van der Waals surface area contributed by atoms with Gasteiger partial charge in [-0.25, -0.2) is 0 Å². The van der Waals surface area contributed by atoms with E-state index in [9.17, 15) is 4.79 Å². The Kier molecular flexibility index (Phi) is 4.56. The number of likely N-dealkylation sites (tertiary alicyclic amines) is 1. The monoisotopic (exact) mass is 288 g/mol. The maximum absolute atomic E-state index is 13.0. The molecule has 2 unspecified atom stereocenters. The third-order valence-electron chi connectivity index (χ3n) is 4.57.